The van der Waals surface area contributed by atoms with Gasteiger partial charge in [0.15, 0.2) is 0 Å². The third-order valence-corrected chi connectivity index (χ3v) is 3.15. The Bertz CT molecular complexity index is 614. The zero-order chi connectivity index (χ0) is 15.2. The first-order chi connectivity index (χ1) is 10.1. The van der Waals surface area contributed by atoms with Crippen molar-refractivity contribution >= 4 is 11.6 Å². The van der Waals surface area contributed by atoms with Crippen LogP contribution in [0.2, 0.25) is 0 Å². The van der Waals surface area contributed by atoms with Gasteiger partial charge in [-0.2, -0.15) is 0 Å². The molecule has 0 fully saturated rings. The highest BCUT2D eigenvalue weighted by molar-refractivity contribution is 5.95. The van der Waals surface area contributed by atoms with E-state index in [1.54, 1.807) is 6.07 Å². The first-order valence-corrected chi connectivity index (χ1v) is 6.64. The Morgan fingerprint density at radius 2 is 1.86 bits per heavy atom. The summed E-state index contributed by atoms with van der Waals surface area (Å²) in [6.07, 6.45) is 0. The topological polar surface area (TPSA) is 86.8 Å². The summed E-state index contributed by atoms with van der Waals surface area (Å²) in [6.45, 7) is 0.490. The van der Waals surface area contributed by atoms with E-state index < -0.39 is 0 Å². The number of hydrogen-bond acceptors (Lipinski definition) is 4. The number of aromatic hydroxyl groups is 1. The highest BCUT2D eigenvalue weighted by Crippen LogP contribution is 2.22. The quantitative estimate of drug-likeness (QED) is 0.575. The van der Waals surface area contributed by atoms with Gasteiger partial charge < -0.3 is 20.8 Å². The number of carbonyl (C=O) groups excluding carboxylic acids is 1. The molecule has 0 aliphatic rings. The van der Waals surface area contributed by atoms with Gasteiger partial charge in [0.2, 0.25) is 0 Å². The van der Waals surface area contributed by atoms with Crippen molar-refractivity contribution in [1.82, 2.24) is 4.90 Å². The van der Waals surface area contributed by atoms with E-state index in [1.165, 1.54) is 17.0 Å². The van der Waals surface area contributed by atoms with E-state index in [0.717, 1.165) is 5.56 Å². The molecule has 0 saturated heterocycles. The largest absolute Gasteiger partial charge is 0.506 e. The van der Waals surface area contributed by atoms with Crippen LogP contribution in [0.5, 0.6) is 5.75 Å². The SMILES string of the molecule is Nc1ccc(C(=O)N(CCO)Cc2ccccc2)cc1O. The summed E-state index contributed by atoms with van der Waals surface area (Å²) >= 11 is 0. The molecule has 1 amide bonds. The molecule has 2 aromatic rings. The van der Waals surface area contributed by atoms with Crippen molar-refractivity contribution in [2.75, 3.05) is 18.9 Å². The maximum absolute atomic E-state index is 12.5. The minimum Gasteiger partial charge on any atom is -0.506 e. The number of nitrogens with two attached hydrogens (primary N) is 1. The molecular formula is C16H18N2O3. The lowest BCUT2D eigenvalue weighted by molar-refractivity contribution is 0.0707. The Kier molecular flexibility index (Phi) is 4.79. The van der Waals surface area contributed by atoms with Crippen molar-refractivity contribution in [2.45, 2.75) is 6.54 Å². The van der Waals surface area contributed by atoms with Crippen LogP contribution in [0.4, 0.5) is 5.69 Å². The third-order valence-electron chi connectivity index (χ3n) is 3.15. The number of aliphatic hydroxyl groups is 1. The van der Waals surface area contributed by atoms with Crippen molar-refractivity contribution in [3.63, 3.8) is 0 Å². The van der Waals surface area contributed by atoms with Gasteiger partial charge >= 0.3 is 0 Å². The molecule has 0 aliphatic carbocycles. The average molecular weight is 286 g/mol. The van der Waals surface area contributed by atoms with Gasteiger partial charge in [0, 0.05) is 18.7 Å². The maximum Gasteiger partial charge on any atom is 0.254 e. The number of nitrogens with zero attached hydrogens (tertiary/aromatic N) is 1. The molecule has 0 saturated carbocycles. The zero-order valence-corrected chi connectivity index (χ0v) is 11.6. The number of phenolic OH excluding ortho intramolecular Hbond substituents is 1. The number of rotatable bonds is 5. The predicted octanol–water partition coefficient (Wildman–Crippen LogP) is 1.61. The summed E-state index contributed by atoms with van der Waals surface area (Å²) in [6, 6.07) is 13.9. The number of anilines is 1. The lowest BCUT2D eigenvalue weighted by Crippen LogP contribution is -2.33. The van der Waals surface area contributed by atoms with E-state index in [0.29, 0.717) is 12.1 Å². The van der Waals surface area contributed by atoms with Crippen LogP contribution in [0.1, 0.15) is 15.9 Å². The molecule has 4 N–H and O–H groups in total. The van der Waals surface area contributed by atoms with Gasteiger partial charge in [-0.05, 0) is 23.8 Å². The fraction of sp³-hybridized carbons (Fsp3) is 0.188. The van der Waals surface area contributed by atoms with Gasteiger partial charge in [-0.25, -0.2) is 0 Å². The zero-order valence-electron chi connectivity index (χ0n) is 11.6. The normalized spacial score (nSPS) is 10.3. The summed E-state index contributed by atoms with van der Waals surface area (Å²) in [4.78, 5) is 14.0. The fourth-order valence-electron chi connectivity index (χ4n) is 2.04. The van der Waals surface area contributed by atoms with Crippen molar-refractivity contribution < 1.29 is 15.0 Å². The van der Waals surface area contributed by atoms with Crippen LogP contribution in [0, 0.1) is 0 Å². The summed E-state index contributed by atoms with van der Waals surface area (Å²) in [5, 5.41) is 18.8. The van der Waals surface area contributed by atoms with E-state index in [2.05, 4.69) is 0 Å². The molecule has 0 atom stereocenters. The van der Waals surface area contributed by atoms with Crippen molar-refractivity contribution in [1.29, 1.82) is 0 Å². The van der Waals surface area contributed by atoms with Crippen LogP contribution in [-0.4, -0.2) is 34.2 Å². The molecule has 0 heterocycles. The molecular weight excluding hydrogens is 268 g/mol. The number of phenols is 1. The molecule has 2 rings (SSSR count). The van der Waals surface area contributed by atoms with Crippen molar-refractivity contribution in [3.05, 3.63) is 59.7 Å². The lowest BCUT2D eigenvalue weighted by atomic mass is 10.1. The summed E-state index contributed by atoms with van der Waals surface area (Å²) in [7, 11) is 0. The van der Waals surface area contributed by atoms with Crippen LogP contribution in [0.15, 0.2) is 48.5 Å². The average Bonchev–Trinajstić information content (AvgIpc) is 2.50. The van der Waals surface area contributed by atoms with Gasteiger partial charge in [-0.15, -0.1) is 0 Å². The van der Waals surface area contributed by atoms with Gasteiger partial charge in [0.25, 0.3) is 5.91 Å². The number of aliphatic hydroxyl groups excluding tert-OH is 1. The Labute approximate surface area is 123 Å². The van der Waals surface area contributed by atoms with Gasteiger partial charge in [0.05, 0.1) is 12.3 Å². The van der Waals surface area contributed by atoms with E-state index >= 15 is 0 Å². The van der Waals surface area contributed by atoms with Crippen LogP contribution in [0.3, 0.4) is 0 Å². The summed E-state index contributed by atoms with van der Waals surface area (Å²) in [5.74, 6) is -0.382. The molecule has 0 radical (unpaired) electrons. The lowest BCUT2D eigenvalue weighted by Gasteiger charge is -2.22. The van der Waals surface area contributed by atoms with E-state index in [4.69, 9.17) is 10.8 Å². The minimum absolute atomic E-state index is 0.121. The molecule has 0 bridgehead atoms. The number of nitrogen functional groups attached to an aromatic ring is 1. The summed E-state index contributed by atoms with van der Waals surface area (Å²) in [5.41, 5.74) is 7.07. The van der Waals surface area contributed by atoms with Crippen molar-refractivity contribution in [3.8, 4) is 5.75 Å². The Morgan fingerprint density at radius 3 is 2.48 bits per heavy atom. The molecule has 0 spiro atoms. The van der Waals surface area contributed by atoms with Crippen molar-refractivity contribution in [2.24, 2.45) is 0 Å². The first-order valence-electron chi connectivity index (χ1n) is 6.64. The second-order valence-electron chi connectivity index (χ2n) is 4.71. The number of hydrogen-bond donors (Lipinski definition) is 3. The molecule has 5 nitrogen and oxygen atoms in total. The Morgan fingerprint density at radius 1 is 1.14 bits per heavy atom. The summed E-state index contributed by atoms with van der Waals surface area (Å²) < 4.78 is 0. The van der Waals surface area contributed by atoms with Crippen LogP contribution >= 0.6 is 0 Å². The molecule has 0 unspecified atom stereocenters. The highest BCUT2D eigenvalue weighted by Gasteiger charge is 2.16. The Balaban J connectivity index is 2.20. The molecule has 5 heteroatoms. The first kappa shape index (κ1) is 14.9. The maximum atomic E-state index is 12.5. The second-order valence-corrected chi connectivity index (χ2v) is 4.71. The molecule has 110 valence electrons. The third kappa shape index (κ3) is 3.73. The smallest absolute Gasteiger partial charge is 0.254 e. The second kappa shape index (κ2) is 6.76. The number of benzene rings is 2. The van der Waals surface area contributed by atoms with E-state index in [9.17, 15) is 9.90 Å². The predicted molar refractivity (Wildman–Crippen MR) is 80.8 cm³/mol. The monoisotopic (exact) mass is 286 g/mol. The molecule has 2 aromatic carbocycles. The Hall–Kier alpha value is -2.53. The number of amides is 1. The van der Waals surface area contributed by atoms with E-state index in [-0.39, 0.29) is 30.5 Å². The number of carbonyl (C=O) groups is 1. The molecule has 0 aliphatic heterocycles. The van der Waals surface area contributed by atoms with Gasteiger partial charge in [-0.3, -0.25) is 4.79 Å². The molecule has 0 aromatic heterocycles. The fourth-order valence-corrected chi connectivity index (χ4v) is 2.04. The van der Waals surface area contributed by atoms with Crippen LogP contribution < -0.4 is 5.73 Å². The van der Waals surface area contributed by atoms with E-state index in [1.807, 2.05) is 30.3 Å². The molecule has 21 heavy (non-hydrogen) atoms. The van der Waals surface area contributed by atoms with Crippen LogP contribution in [-0.2, 0) is 6.54 Å². The highest BCUT2D eigenvalue weighted by atomic mass is 16.3. The minimum atomic E-state index is -0.261. The van der Waals surface area contributed by atoms with Gasteiger partial charge in [-0.1, -0.05) is 30.3 Å². The van der Waals surface area contributed by atoms with Gasteiger partial charge in [0.1, 0.15) is 5.75 Å². The standard InChI is InChI=1S/C16H18N2O3/c17-14-7-6-13(10-15(14)20)16(21)18(8-9-19)11-12-4-2-1-3-5-12/h1-7,10,19-20H,8-9,11,17H2. The van der Waals surface area contributed by atoms with Crippen LogP contribution in [0.25, 0.3) is 0 Å².